The molecule has 5 aromatic rings. The summed E-state index contributed by atoms with van der Waals surface area (Å²) in [6, 6.07) is 11.8. The number of fused-ring (bicyclic) bond motifs is 2. The Balaban J connectivity index is 0.000000172. The SMILES string of the molecule is Cc1c(-c2ccccn2)nc2c(C)ccc(F)c2c1Cl.Cc1c(Cl)nc2c(C)ccc(F)c2c1Cl. The molecule has 0 fully saturated rings. The van der Waals surface area contributed by atoms with Crippen LogP contribution in [0.4, 0.5) is 8.78 Å². The maximum Gasteiger partial charge on any atom is 0.134 e. The van der Waals surface area contributed by atoms with Gasteiger partial charge in [-0.25, -0.2) is 18.7 Å². The topological polar surface area (TPSA) is 38.7 Å². The van der Waals surface area contributed by atoms with Crippen molar-refractivity contribution in [1.82, 2.24) is 15.0 Å². The van der Waals surface area contributed by atoms with E-state index in [0.717, 1.165) is 22.4 Å². The number of hydrogen-bond acceptors (Lipinski definition) is 3. The summed E-state index contributed by atoms with van der Waals surface area (Å²) in [4.78, 5) is 13.0. The van der Waals surface area contributed by atoms with Gasteiger partial charge in [-0.15, -0.1) is 0 Å². The molecule has 3 aromatic heterocycles. The molecule has 8 heteroatoms. The maximum absolute atomic E-state index is 14.0. The molecule has 0 atom stereocenters. The quantitative estimate of drug-likeness (QED) is 0.203. The van der Waals surface area contributed by atoms with E-state index in [-0.39, 0.29) is 11.6 Å². The zero-order valence-electron chi connectivity index (χ0n) is 19.4. The Hall–Kier alpha value is -2.86. The Morgan fingerprint density at radius 3 is 1.74 bits per heavy atom. The summed E-state index contributed by atoms with van der Waals surface area (Å²) in [5.41, 5.74) is 5.62. The molecule has 178 valence electrons. The van der Waals surface area contributed by atoms with Crippen molar-refractivity contribution in [3.05, 3.63) is 97.7 Å². The fourth-order valence-electron chi connectivity index (χ4n) is 3.75. The van der Waals surface area contributed by atoms with Crippen molar-refractivity contribution in [3.8, 4) is 11.4 Å². The number of aryl methyl sites for hydroxylation is 2. The molecule has 0 saturated heterocycles. The van der Waals surface area contributed by atoms with Crippen molar-refractivity contribution < 1.29 is 8.78 Å². The van der Waals surface area contributed by atoms with Crippen molar-refractivity contribution >= 4 is 56.6 Å². The smallest absolute Gasteiger partial charge is 0.134 e. The third-order valence-electron chi connectivity index (χ3n) is 5.76. The van der Waals surface area contributed by atoms with Gasteiger partial charge in [0.1, 0.15) is 16.8 Å². The van der Waals surface area contributed by atoms with Crippen LogP contribution in [0.1, 0.15) is 22.3 Å². The van der Waals surface area contributed by atoms with Gasteiger partial charge in [0.2, 0.25) is 0 Å². The highest BCUT2D eigenvalue weighted by atomic mass is 35.5. The van der Waals surface area contributed by atoms with Crippen LogP contribution in [-0.2, 0) is 0 Å². The molecule has 3 heterocycles. The van der Waals surface area contributed by atoms with Gasteiger partial charge in [-0.1, -0.05) is 53.0 Å². The molecular weight excluding hydrogens is 511 g/mol. The van der Waals surface area contributed by atoms with Crippen LogP contribution in [0.5, 0.6) is 0 Å². The van der Waals surface area contributed by atoms with E-state index >= 15 is 0 Å². The normalized spacial score (nSPS) is 11.0. The van der Waals surface area contributed by atoms with Crippen molar-refractivity contribution in [2.75, 3.05) is 0 Å². The first kappa shape index (κ1) is 25.2. The van der Waals surface area contributed by atoms with E-state index in [9.17, 15) is 8.78 Å². The summed E-state index contributed by atoms with van der Waals surface area (Å²) >= 11 is 18.3. The molecule has 0 saturated carbocycles. The molecule has 0 amide bonds. The second kappa shape index (κ2) is 10.0. The Kier molecular flexibility index (Phi) is 7.22. The van der Waals surface area contributed by atoms with E-state index < -0.39 is 0 Å². The van der Waals surface area contributed by atoms with Gasteiger partial charge in [0.05, 0.1) is 43.2 Å². The molecule has 0 bridgehead atoms. The van der Waals surface area contributed by atoms with E-state index in [1.807, 2.05) is 39.0 Å². The maximum atomic E-state index is 14.0. The minimum Gasteiger partial charge on any atom is -0.255 e. The molecule has 0 spiro atoms. The second-order valence-electron chi connectivity index (χ2n) is 8.13. The fraction of sp³-hybridized carbons (Fsp3) is 0.148. The average Bonchev–Trinajstić information content (AvgIpc) is 2.85. The van der Waals surface area contributed by atoms with Crippen molar-refractivity contribution in [2.45, 2.75) is 27.7 Å². The lowest BCUT2D eigenvalue weighted by Gasteiger charge is -2.12. The molecule has 0 unspecified atom stereocenters. The highest BCUT2D eigenvalue weighted by Crippen LogP contribution is 2.35. The molecule has 0 aliphatic carbocycles. The average molecular weight is 531 g/mol. The van der Waals surface area contributed by atoms with Crippen molar-refractivity contribution in [1.29, 1.82) is 0 Å². The van der Waals surface area contributed by atoms with Crippen LogP contribution in [-0.4, -0.2) is 15.0 Å². The lowest BCUT2D eigenvalue weighted by Crippen LogP contribution is -1.97. The molecule has 3 nitrogen and oxygen atoms in total. The van der Waals surface area contributed by atoms with Crippen LogP contribution < -0.4 is 0 Å². The van der Waals surface area contributed by atoms with Gasteiger partial charge in [0, 0.05) is 11.8 Å². The predicted molar refractivity (Wildman–Crippen MR) is 141 cm³/mol. The zero-order chi connectivity index (χ0) is 25.4. The van der Waals surface area contributed by atoms with Crippen LogP contribution in [0.15, 0.2) is 48.7 Å². The lowest BCUT2D eigenvalue weighted by atomic mass is 10.0. The van der Waals surface area contributed by atoms with E-state index in [2.05, 4.69) is 15.0 Å². The molecule has 35 heavy (non-hydrogen) atoms. The summed E-state index contributed by atoms with van der Waals surface area (Å²) in [6.07, 6.45) is 1.70. The minimum atomic E-state index is -0.368. The number of rotatable bonds is 1. The number of nitrogens with zero attached hydrogens (tertiary/aromatic N) is 3. The molecule has 0 radical (unpaired) electrons. The number of pyridine rings is 3. The van der Waals surface area contributed by atoms with Crippen LogP contribution in [0.25, 0.3) is 33.2 Å². The molecule has 0 N–H and O–H groups in total. The Morgan fingerprint density at radius 2 is 1.20 bits per heavy atom. The highest BCUT2D eigenvalue weighted by molar-refractivity contribution is 6.39. The fourth-order valence-corrected chi connectivity index (χ4v) is 4.51. The standard InChI is InChI=1S/C16H12ClFN2.C11H8Cl2FN/c1-9-6-7-11(18)13-14(17)10(2)16(20-15(9)13)12-5-3-4-8-19-12;1-5-3-4-7(14)8-9(12)6(2)11(13)15-10(5)8/h3-8H,1-2H3;3-4H,1-2H3. The summed E-state index contributed by atoms with van der Waals surface area (Å²) in [5.74, 6) is -0.716. The first-order valence-corrected chi connectivity index (χ1v) is 11.8. The Labute approximate surface area is 216 Å². The second-order valence-corrected chi connectivity index (χ2v) is 9.25. The largest absolute Gasteiger partial charge is 0.255 e. The highest BCUT2D eigenvalue weighted by Gasteiger charge is 2.17. The lowest BCUT2D eigenvalue weighted by molar-refractivity contribution is 0.639. The van der Waals surface area contributed by atoms with E-state index in [0.29, 0.717) is 48.3 Å². The molecule has 0 aliphatic heterocycles. The molecular formula is C27H20Cl3F2N3. The van der Waals surface area contributed by atoms with Crippen LogP contribution in [0.3, 0.4) is 0 Å². The van der Waals surface area contributed by atoms with Crippen LogP contribution >= 0.6 is 34.8 Å². The summed E-state index contributed by atoms with van der Waals surface area (Å²) in [6.45, 7) is 7.29. The van der Waals surface area contributed by atoms with Gasteiger partial charge >= 0.3 is 0 Å². The predicted octanol–water partition coefficient (Wildman–Crippen LogP) is 9.00. The Bertz CT molecular complexity index is 1590. The van der Waals surface area contributed by atoms with E-state index in [1.165, 1.54) is 12.1 Å². The van der Waals surface area contributed by atoms with Gasteiger partial charge in [-0.2, -0.15) is 0 Å². The van der Waals surface area contributed by atoms with Gasteiger partial charge in [-0.3, -0.25) is 4.98 Å². The van der Waals surface area contributed by atoms with Gasteiger partial charge in [0.15, 0.2) is 0 Å². The van der Waals surface area contributed by atoms with Gasteiger partial charge < -0.3 is 0 Å². The molecule has 2 aromatic carbocycles. The minimum absolute atomic E-state index is 0.321. The number of benzene rings is 2. The van der Waals surface area contributed by atoms with Crippen molar-refractivity contribution in [2.24, 2.45) is 0 Å². The third-order valence-corrected chi connectivity index (χ3v) is 7.07. The van der Waals surface area contributed by atoms with Gasteiger partial charge in [0.25, 0.3) is 0 Å². The van der Waals surface area contributed by atoms with Crippen LogP contribution in [0.2, 0.25) is 15.2 Å². The summed E-state index contributed by atoms with van der Waals surface area (Å²) < 4.78 is 27.6. The van der Waals surface area contributed by atoms with E-state index in [1.54, 1.807) is 25.3 Å². The third kappa shape index (κ3) is 4.68. The zero-order valence-corrected chi connectivity index (χ0v) is 21.6. The van der Waals surface area contributed by atoms with E-state index in [4.69, 9.17) is 34.8 Å². The first-order chi connectivity index (χ1) is 16.6. The summed E-state index contributed by atoms with van der Waals surface area (Å²) in [7, 11) is 0. The number of aromatic nitrogens is 3. The number of hydrogen-bond donors (Lipinski definition) is 0. The number of halogens is 5. The molecule has 5 rings (SSSR count). The van der Waals surface area contributed by atoms with Crippen LogP contribution in [0, 0.1) is 39.3 Å². The van der Waals surface area contributed by atoms with Gasteiger partial charge in [-0.05, 0) is 68.7 Å². The molecule has 0 aliphatic rings. The first-order valence-electron chi connectivity index (χ1n) is 10.7. The van der Waals surface area contributed by atoms with Crippen molar-refractivity contribution in [3.63, 3.8) is 0 Å². The Morgan fingerprint density at radius 1 is 0.657 bits per heavy atom. The summed E-state index contributed by atoms with van der Waals surface area (Å²) in [5, 5.41) is 1.78. The monoisotopic (exact) mass is 529 g/mol.